The van der Waals surface area contributed by atoms with Gasteiger partial charge >= 0.3 is 6.03 Å². The topological polar surface area (TPSA) is 80.5 Å². The van der Waals surface area contributed by atoms with Crippen LogP contribution in [-0.4, -0.2) is 41.3 Å². The first-order chi connectivity index (χ1) is 15.0. The van der Waals surface area contributed by atoms with Crippen LogP contribution in [0.5, 0.6) is 0 Å². The molecule has 0 fully saturated rings. The maximum absolute atomic E-state index is 13.5. The van der Waals surface area contributed by atoms with Crippen LogP contribution in [0.25, 0.3) is 17.0 Å². The summed E-state index contributed by atoms with van der Waals surface area (Å²) >= 11 is 6.08. The van der Waals surface area contributed by atoms with Crippen molar-refractivity contribution in [1.82, 2.24) is 20.4 Å². The van der Waals surface area contributed by atoms with Gasteiger partial charge in [-0.1, -0.05) is 41.0 Å². The third-order valence-corrected chi connectivity index (χ3v) is 5.29. The van der Waals surface area contributed by atoms with Gasteiger partial charge in [0.15, 0.2) is 0 Å². The molecule has 2 heterocycles. The monoisotopic (exact) mass is 442 g/mol. The Kier molecular flexibility index (Phi) is 6.01. The third-order valence-electron chi connectivity index (χ3n) is 5.06. The molecular weight excluding hydrogens is 423 g/mol. The van der Waals surface area contributed by atoms with E-state index in [0.717, 1.165) is 0 Å². The number of amides is 2. The van der Waals surface area contributed by atoms with Gasteiger partial charge in [-0.3, -0.25) is 4.90 Å². The van der Waals surface area contributed by atoms with Crippen molar-refractivity contribution in [2.24, 2.45) is 0 Å². The molecule has 1 unspecified atom stereocenters. The van der Waals surface area contributed by atoms with Gasteiger partial charge in [0.2, 0.25) is 5.82 Å². The Balaban J connectivity index is 1.80. The van der Waals surface area contributed by atoms with Gasteiger partial charge in [-0.25, -0.2) is 9.18 Å². The van der Waals surface area contributed by atoms with Gasteiger partial charge in [0.1, 0.15) is 5.82 Å². The highest BCUT2D eigenvalue weighted by Gasteiger charge is 2.35. The second kappa shape index (κ2) is 8.87. The van der Waals surface area contributed by atoms with Crippen LogP contribution in [-0.2, 0) is 4.74 Å². The van der Waals surface area contributed by atoms with E-state index in [-0.39, 0.29) is 17.7 Å². The lowest BCUT2D eigenvalue weighted by Crippen LogP contribution is -2.47. The van der Waals surface area contributed by atoms with Gasteiger partial charge in [-0.15, -0.1) is 0 Å². The molecule has 2 amide bonds. The summed E-state index contributed by atoms with van der Waals surface area (Å²) in [4.78, 5) is 18.9. The quantitative estimate of drug-likeness (QED) is 0.599. The standard InChI is InChI=1S/C22H20ClFN4O3/c1-13-18(21-26-20(27-31-21)15-4-3-5-16(23)12-15)19(14-6-8-17(24)9-7-14)25-22(29)28(13)10-11-30-2/h3-9,12,19H,10-11H2,1-2H3,(H,25,29). The van der Waals surface area contributed by atoms with Crippen LogP contribution in [0, 0.1) is 5.82 Å². The summed E-state index contributed by atoms with van der Waals surface area (Å²) in [5, 5.41) is 7.60. The third kappa shape index (κ3) is 4.30. The number of carbonyl (C=O) groups excluding carboxylic acids is 1. The normalized spacial score (nSPS) is 16.6. The fourth-order valence-electron chi connectivity index (χ4n) is 3.49. The van der Waals surface area contributed by atoms with Crippen LogP contribution >= 0.6 is 11.6 Å². The lowest BCUT2D eigenvalue weighted by atomic mass is 9.94. The molecule has 0 bridgehead atoms. The summed E-state index contributed by atoms with van der Waals surface area (Å²) in [6, 6.07) is 12.2. The molecule has 160 valence electrons. The van der Waals surface area contributed by atoms with Crippen LogP contribution in [0.3, 0.4) is 0 Å². The summed E-state index contributed by atoms with van der Waals surface area (Å²) in [5.74, 6) is 0.260. The minimum Gasteiger partial charge on any atom is -0.383 e. The van der Waals surface area contributed by atoms with E-state index in [2.05, 4.69) is 15.5 Å². The van der Waals surface area contributed by atoms with Crippen LogP contribution in [0.1, 0.15) is 24.4 Å². The van der Waals surface area contributed by atoms with Gasteiger partial charge in [-0.2, -0.15) is 4.98 Å². The van der Waals surface area contributed by atoms with E-state index < -0.39 is 6.04 Å². The number of nitrogens with one attached hydrogen (secondary N) is 1. The Morgan fingerprint density at radius 2 is 2.03 bits per heavy atom. The number of ether oxygens (including phenoxy) is 1. The van der Waals surface area contributed by atoms with Crippen molar-refractivity contribution in [2.75, 3.05) is 20.3 Å². The molecule has 0 saturated heterocycles. The Morgan fingerprint density at radius 3 is 2.74 bits per heavy atom. The zero-order chi connectivity index (χ0) is 22.0. The maximum Gasteiger partial charge on any atom is 0.322 e. The maximum atomic E-state index is 13.5. The predicted octanol–water partition coefficient (Wildman–Crippen LogP) is 4.67. The Hall–Kier alpha value is -3.23. The molecule has 2 aromatic carbocycles. The number of methoxy groups -OCH3 is 1. The van der Waals surface area contributed by atoms with Crippen molar-refractivity contribution in [2.45, 2.75) is 13.0 Å². The number of urea groups is 1. The SMILES string of the molecule is COCCN1C(=O)NC(c2ccc(F)cc2)C(c2nc(-c3cccc(Cl)c3)no2)=C1C. The molecule has 1 N–H and O–H groups in total. The second-order valence-corrected chi connectivity index (χ2v) is 7.45. The highest BCUT2D eigenvalue weighted by atomic mass is 35.5. The van der Waals surface area contributed by atoms with Gasteiger partial charge < -0.3 is 14.6 Å². The number of benzene rings is 2. The molecule has 1 aliphatic rings. The first kappa shape index (κ1) is 21.0. The number of hydrogen-bond acceptors (Lipinski definition) is 5. The summed E-state index contributed by atoms with van der Waals surface area (Å²) in [6.45, 7) is 2.52. The zero-order valence-electron chi connectivity index (χ0n) is 16.9. The van der Waals surface area contributed by atoms with E-state index in [1.165, 1.54) is 12.1 Å². The van der Waals surface area contributed by atoms with Crippen LogP contribution < -0.4 is 5.32 Å². The molecule has 9 heteroatoms. The molecule has 31 heavy (non-hydrogen) atoms. The van der Waals surface area contributed by atoms with Gasteiger partial charge in [-0.05, 0) is 36.8 Å². The number of allylic oxidation sites excluding steroid dienone is 1. The number of halogens is 2. The lowest BCUT2D eigenvalue weighted by Gasteiger charge is -2.35. The first-order valence-corrected chi connectivity index (χ1v) is 9.99. The Bertz CT molecular complexity index is 1130. The van der Waals surface area contributed by atoms with Crippen molar-refractivity contribution < 1.29 is 18.4 Å². The molecule has 1 aromatic heterocycles. The summed E-state index contributed by atoms with van der Waals surface area (Å²) < 4.78 is 24.2. The van der Waals surface area contributed by atoms with E-state index >= 15 is 0 Å². The number of aromatic nitrogens is 2. The molecule has 0 saturated carbocycles. The first-order valence-electron chi connectivity index (χ1n) is 9.61. The number of carbonyl (C=O) groups is 1. The highest BCUT2D eigenvalue weighted by Crippen LogP contribution is 2.37. The van der Waals surface area contributed by atoms with Gasteiger partial charge in [0, 0.05) is 23.4 Å². The molecule has 0 aliphatic carbocycles. The van der Waals surface area contributed by atoms with Crippen molar-refractivity contribution in [3.63, 3.8) is 0 Å². The number of nitrogens with zero attached hydrogens (tertiary/aromatic N) is 3. The van der Waals surface area contributed by atoms with Crippen molar-refractivity contribution >= 4 is 23.2 Å². The molecule has 7 nitrogen and oxygen atoms in total. The summed E-state index contributed by atoms with van der Waals surface area (Å²) in [5.41, 5.74) is 2.67. The Morgan fingerprint density at radius 1 is 1.26 bits per heavy atom. The Labute approximate surface area is 183 Å². The van der Waals surface area contributed by atoms with E-state index in [4.69, 9.17) is 20.9 Å². The number of hydrogen-bond donors (Lipinski definition) is 1. The van der Waals surface area contributed by atoms with Crippen molar-refractivity contribution in [1.29, 1.82) is 0 Å². The second-order valence-electron chi connectivity index (χ2n) is 7.01. The zero-order valence-corrected chi connectivity index (χ0v) is 17.7. The van der Waals surface area contributed by atoms with Crippen molar-refractivity contribution in [3.8, 4) is 11.4 Å². The largest absolute Gasteiger partial charge is 0.383 e. The predicted molar refractivity (Wildman–Crippen MR) is 114 cm³/mol. The average Bonchev–Trinajstić information content (AvgIpc) is 3.23. The molecule has 1 aliphatic heterocycles. The van der Waals surface area contributed by atoms with E-state index in [1.807, 2.05) is 13.0 Å². The van der Waals surface area contributed by atoms with Crippen molar-refractivity contribution in [3.05, 3.63) is 76.5 Å². The molecule has 0 radical (unpaired) electrons. The van der Waals surface area contributed by atoms with Crippen LogP contribution in [0.2, 0.25) is 5.02 Å². The summed E-state index contributed by atoms with van der Waals surface area (Å²) in [7, 11) is 1.57. The lowest BCUT2D eigenvalue weighted by molar-refractivity contribution is 0.158. The van der Waals surface area contributed by atoms with Gasteiger partial charge in [0.25, 0.3) is 5.89 Å². The molecular formula is C22H20ClFN4O3. The smallest absolute Gasteiger partial charge is 0.322 e. The minimum absolute atomic E-state index is 0.254. The van der Waals surface area contributed by atoms with E-state index in [0.29, 0.717) is 46.4 Å². The van der Waals surface area contributed by atoms with E-state index in [1.54, 1.807) is 42.3 Å². The fraction of sp³-hybridized carbons (Fsp3) is 0.227. The number of rotatable bonds is 6. The van der Waals surface area contributed by atoms with Crippen LogP contribution in [0.15, 0.2) is 58.8 Å². The molecule has 3 aromatic rings. The van der Waals surface area contributed by atoms with Gasteiger partial charge in [0.05, 0.1) is 24.8 Å². The summed E-state index contributed by atoms with van der Waals surface area (Å²) in [6.07, 6.45) is 0. The van der Waals surface area contributed by atoms with Crippen LogP contribution in [0.4, 0.5) is 9.18 Å². The fourth-order valence-corrected chi connectivity index (χ4v) is 3.68. The molecule has 4 rings (SSSR count). The molecule has 0 spiro atoms. The minimum atomic E-state index is -0.584. The average molecular weight is 443 g/mol. The van der Waals surface area contributed by atoms with E-state index in [9.17, 15) is 9.18 Å². The highest BCUT2D eigenvalue weighted by molar-refractivity contribution is 6.30. The molecule has 1 atom stereocenters.